The zero-order valence-corrected chi connectivity index (χ0v) is 7.66. The monoisotopic (exact) mass is 160 g/mol. The summed E-state index contributed by atoms with van der Waals surface area (Å²) < 4.78 is 0. The van der Waals surface area contributed by atoms with E-state index < -0.39 is 0 Å². The first-order valence-electron chi connectivity index (χ1n) is 5.58. The molecule has 4 fully saturated rings. The molecule has 0 heterocycles. The van der Waals surface area contributed by atoms with Crippen molar-refractivity contribution in [2.75, 3.05) is 0 Å². The Bertz CT molecular complexity index is 257. The van der Waals surface area contributed by atoms with Crippen LogP contribution in [0.3, 0.4) is 0 Å². The molecule has 0 aromatic rings. The van der Waals surface area contributed by atoms with Gasteiger partial charge in [-0.25, -0.2) is 0 Å². The van der Waals surface area contributed by atoms with Crippen molar-refractivity contribution in [3.05, 3.63) is 11.1 Å². The van der Waals surface area contributed by atoms with Gasteiger partial charge in [-0.05, 0) is 49.4 Å². The summed E-state index contributed by atoms with van der Waals surface area (Å²) in [6.07, 6.45) is 12.2. The van der Waals surface area contributed by atoms with Gasteiger partial charge in [-0.1, -0.05) is 24.0 Å². The molecule has 0 aromatic carbocycles. The van der Waals surface area contributed by atoms with E-state index >= 15 is 0 Å². The van der Waals surface area contributed by atoms with Crippen LogP contribution in [0, 0.1) is 10.8 Å². The first kappa shape index (κ1) is 6.23. The van der Waals surface area contributed by atoms with Gasteiger partial charge < -0.3 is 0 Å². The number of rotatable bonds is 0. The lowest BCUT2D eigenvalue weighted by Crippen LogP contribution is -2.14. The van der Waals surface area contributed by atoms with Crippen LogP contribution in [0.5, 0.6) is 0 Å². The second-order valence-corrected chi connectivity index (χ2v) is 5.58. The van der Waals surface area contributed by atoms with E-state index in [1.165, 1.54) is 25.7 Å². The van der Waals surface area contributed by atoms with Gasteiger partial charge in [0.05, 0.1) is 0 Å². The minimum Gasteiger partial charge on any atom is -0.0630 e. The van der Waals surface area contributed by atoms with E-state index in [9.17, 15) is 0 Å². The van der Waals surface area contributed by atoms with Crippen LogP contribution in [-0.2, 0) is 0 Å². The van der Waals surface area contributed by atoms with E-state index in [1.807, 2.05) is 11.1 Å². The van der Waals surface area contributed by atoms with Gasteiger partial charge in [0, 0.05) is 0 Å². The first-order valence-corrected chi connectivity index (χ1v) is 5.58. The SMILES string of the molecule is C1CC2(C1)C/C2=C1\CC12CCC2. The number of hydrogen-bond acceptors (Lipinski definition) is 0. The van der Waals surface area contributed by atoms with Crippen molar-refractivity contribution < 1.29 is 0 Å². The molecule has 0 aromatic heterocycles. The van der Waals surface area contributed by atoms with Gasteiger partial charge in [0.25, 0.3) is 0 Å². The van der Waals surface area contributed by atoms with Crippen molar-refractivity contribution in [1.29, 1.82) is 0 Å². The van der Waals surface area contributed by atoms with E-state index in [-0.39, 0.29) is 0 Å². The van der Waals surface area contributed by atoms with E-state index in [0.717, 1.165) is 10.8 Å². The summed E-state index contributed by atoms with van der Waals surface area (Å²) in [7, 11) is 0. The summed E-state index contributed by atoms with van der Waals surface area (Å²) in [6.45, 7) is 0. The van der Waals surface area contributed by atoms with Crippen LogP contribution in [0.1, 0.15) is 51.4 Å². The second kappa shape index (κ2) is 1.54. The molecule has 0 bridgehead atoms. The molecule has 2 spiro atoms. The van der Waals surface area contributed by atoms with Crippen molar-refractivity contribution in [3.8, 4) is 0 Å². The summed E-state index contributed by atoms with van der Waals surface area (Å²) in [6, 6.07) is 0. The Labute approximate surface area is 74.0 Å². The van der Waals surface area contributed by atoms with Crippen LogP contribution in [0.2, 0.25) is 0 Å². The molecule has 0 unspecified atom stereocenters. The van der Waals surface area contributed by atoms with E-state index in [1.54, 1.807) is 25.7 Å². The molecule has 0 N–H and O–H groups in total. The van der Waals surface area contributed by atoms with Crippen LogP contribution in [0.4, 0.5) is 0 Å². The van der Waals surface area contributed by atoms with E-state index in [0.29, 0.717) is 0 Å². The predicted octanol–water partition coefficient (Wildman–Crippen LogP) is 3.43. The molecule has 0 amide bonds. The van der Waals surface area contributed by atoms with Gasteiger partial charge in [0.15, 0.2) is 0 Å². The maximum atomic E-state index is 1.95. The standard InChI is InChI=1S/C12H16/c1-3-11(4-1)7-9(11)10-8-12(10)5-2-6-12/h1-8H2/b10-9-. The molecule has 0 atom stereocenters. The van der Waals surface area contributed by atoms with Crippen molar-refractivity contribution in [2.24, 2.45) is 10.8 Å². The van der Waals surface area contributed by atoms with Crippen molar-refractivity contribution in [2.45, 2.75) is 51.4 Å². The molecule has 0 saturated heterocycles. The third-order valence-electron chi connectivity index (χ3n) is 5.05. The lowest BCUT2D eigenvalue weighted by Gasteiger charge is -2.26. The van der Waals surface area contributed by atoms with Crippen LogP contribution >= 0.6 is 0 Å². The average Bonchev–Trinajstić information content (AvgIpc) is 2.76. The highest BCUT2D eigenvalue weighted by atomic mass is 14.7. The summed E-state index contributed by atoms with van der Waals surface area (Å²) in [4.78, 5) is 0. The molecular weight excluding hydrogens is 144 g/mol. The minimum atomic E-state index is 0.842. The number of allylic oxidation sites excluding steroid dienone is 2. The molecule has 4 aliphatic carbocycles. The summed E-state index contributed by atoms with van der Waals surface area (Å²) in [5.41, 5.74) is 5.59. The van der Waals surface area contributed by atoms with Gasteiger partial charge in [0.1, 0.15) is 0 Å². The molecule has 4 rings (SSSR count). The average molecular weight is 160 g/mol. The molecule has 4 aliphatic rings. The Hall–Kier alpha value is -0.260. The van der Waals surface area contributed by atoms with Gasteiger partial charge in [-0.3, -0.25) is 0 Å². The minimum absolute atomic E-state index is 0.842. The normalized spacial score (nSPS) is 44.0. The molecule has 64 valence electrons. The summed E-state index contributed by atoms with van der Waals surface area (Å²) in [5.74, 6) is 0. The van der Waals surface area contributed by atoms with Gasteiger partial charge in [0.2, 0.25) is 0 Å². The Kier molecular flexibility index (Phi) is 0.799. The Morgan fingerprint density at radius 1 is 0.667 bits per heavy atom. The van der Waals surface area contributed by atoms with Crippen LogP contribution < -0.4 is 0 Å². The lowest BCUT2D eigenvalue weighted by atomic mass is 9.78. The first-order chi connectivity index (χ1) is 5.85. The van der Waals surface area contributed by atoms with Crippen LogP contribution in [-0.4, -0.2) is 0 Å². The molecular formula is C12H16. The van der Waals surface area contributed by atoms with Crippen LogP contribution in [0.15, 0.2) is 11.1 Å². The highest BCUT2D eigenvalue weighted by Crippen LogP contribution is 2.76. The maximum absolute atomic E-state index is 1.95. The third kappa shape index (κ3) is 0.522. The van der Waals surface area contributed by atoms with Crippen molar-refractivity contribution in [3.63, 3.8) is 0 Å². The van der Waals surface area contributed by atoms with E-state index in [4.69, 9.17) is 0 Å². The maximum Gasteiger partial charge on any atom is -0.00474 e. The third-order valence-corrected chi connectivity index (χ3v) is 5.05. The molecule has 0 nitrogen and oxygen atoms in total. The fourth-order valence-electron chi connectivity index (χ4n) is 3.61. The highest BCUT2D eigenvalue weighted by Gasteiger charge is 2.62. The highest BCUT2D eigenvalue weighted by molar-refractivity contribution is 5.51. The van der Waals surface area contributed by atoms with Gasteiger partial charge in [-0.2, -0.15) is 0 Å². The molecule has 12 heavy (non-hydrogen) atoms. The zero-order valence-electron chi connectivity index (χ0n) is 7.66. The van der Waals surface area contributed by atoms with Gasteiger partial charge >= 0.3 is 0 Å². The van der Waals surface area contributed by atoms with E-state index in [2.05, 4.69) is 0 Å². The van der Waals surface area contributed by atoms with Gasteiger partial charge in [-0.15, -0.1) is 0 Å². The Balaban J connectivity index is 1.67. The Morgan fingerprint density at radius 3 is 1.25 bits per heavy atom. The molecule has 0 aliphatic heterocycles. The molecule has 0 radical (unpaired) electrons. The molecule has 0 heteroatoms. The Morgan fingerprint density at radius 2 is 1.08 bits per heavy atom. The smallest absolute Gasteiger partial charge is 0.00474 e. The lowest BCUT2D eigenvalue weighted by molar-refractivity contribution is 0.298. The molecule has 4 saturated carbocycles. The fourth-order valence-corrected chi connectivity index (χ4v) is 3.61. The zero-order chi connectivity index (χ0) is 7.81. The summed E-state index contributed by atoms with van der Waals surface area (Å²) in [5, 5.41) is 0. The van der Waals surface area contributed by atoms with Crippen molar-refractivity contribution >= 4 is 0 Å². The number of hydrogen-bond donors (Lipinski definition) is 0. The topological polar surface area (TPSA) is 0 Å². The van der Waals surface area contributed by atoms with Crippen molar-refractivity contribution in [1.82, 2.24) is 0 Å². The van der Waals surface area contributed by atoms with Crippen LogP contribution in [0.25, 0.3) is 0 Å². The second-order valence-electron chi connectivity index (χ2n) is 5.58. The predicted molar refractivity (Wildman–Crippen MR) is 48.8 cm³/mol. The summed E-state index contributed by atoms with van der Waals surface area (Å²) >= 11 is 0. The fraction of sp³-hybridized carbons (Fsp3) is 0.833. The largest absolute Gasteiger partial charge is 0.0630 e. The quantitative estimate of drug-likeness (QED) is 0.476.